The van der Waals surface area contributed by atoms with Crippen molar-refractivity contribution in [1.29, 1.82) is 0 Å². The lowest BCUT2D eigenvalue weighted by atomic mass is 10.2. The van der Waals surface area contributed by atoms with Gasteiger partial charge in [-0.15, -0.1) is 11.3 Å². The summed E-state index contributed by atoms with van der Waals surface area (Å²) in [7, 11) is -3.63. The Morgan fingerprint density at radius 2 is 1.62 bits per heavy atom. The Kier molecular flexibility index (Phi) is 5.95. The molecule has 0 spiro atoms. The molecule has 0 atom stereocenters. The number of nitrogens with one attached hydrogen (secondary N) is 1. The second-order valence-corrected chi connectivity index (χ2v) is 10.8. The first kappa shape index (κ1) is 22.0. The topological polar surface area (TPSA) is 94.0 Å². The van der Waals surface area contributed by atoms with Gasteiger partial charge in [0, 0.05) is 37.9 Å². The molecule has 1 N–H and O–H groups in total. The zero-order valence-corrected chi connectivity index (χ0v) is 19.6. The van der Waals surface area contributed by atoms with Gasteiger partial charge in [0.15, 0.2) is 0 Å². The molecule has 0 radical (unpaired) electrons. The van der Waals surface area contributed by atoms with E-state index in [4.69, 9.17) is 0 Å². The van der Waals surface area contributed by atoms with Crippen molar-refractivity contribution >= 4 is 37.2 Å². The van der Waals surface area contributed by atoms with Gasteiger partial charge < -0.3 is 9.88 Å². The number of amides is 1. The predicted molar refractivity (Wildman–Crippen MR) is 130 cm³/mol. The molecule has 0 fully saturated rings. The Morgan fingerprint density at radius 3 is 2.26 bits per heavy atom. The van der Waals surface area contributed by atoms with Gasteiger partial charge in [-0.3, -0.25) is 9.78 Å². The van der Waals surface area contributed by atoms with Gasteiger partial charge in [-0.2, -0.15) is 0 Å². The van der Waals surface area contributed by atoms with Gasteiger partial charge in [0.1, 0.15) is 0 Å². The first-order valence-electron chi connectivity index (χ1n) is 10.5. The van der Waals surface area contributed by atoms with E-state index in [0.717, 1.165) is 21.2 Å². The van der Waals surface area contributed by atoms with Crippen molar-refractivity contribution in [3.63, 3.8) is 0 Å². The van der Waals surface area contributed by atoms with Crippen LogP contribution in [-0.4, -0.2) is 28.9 Å². The van der Waals surface area contributed by atoms with Crippen LogP contribution in [0.15, 0.2) is 102 Å². The van der Waals surface area contributed by atoms with Gasteiger partial charge in [-0.05, 0) is 52.9 Å². The number of sulfone groups is 1. The quantitative estimate of drug-likeness (QED) is 0.369. The molecular formula is C25H20N4O3S2. The minimum Gasteiger partial charge on any atom is -0.347 e. The molecular weight excluding hydrogens is 468 g/mol. The normalized spacial score (nSPS) is 11.5. The zero-order valence-electron chi connectivity index (χ0n) is 18.0. The third-order valence-electron chi connectivity index (χ3n) is 5.39. The summed E-state index contributed by atoms with van der Waals surface area (Å²) in [5.41, 5.74) is 1.80. The van der Waals surface area contributed by atoms with Crippen LogP contribution in [0.5, 0.6) is 0 Å². The molecule has 9 heteroatoms. The van der Waals surface area contributed by atoms with Crippen LogP contribution in [0.2, 0.25) is 0 Å². The number of hydrogen-bond acceptors (Lipinski definition) is 6. The second kappa shape index (κ2) is 9.20. The molecule has 0 saturated carbocycles. The Labute approximate surface area is 200 Å². The second-order valence-electron chi connectivity index (χ2n) is 7.73. The van der Waals surface area contributed by atoms with Crippen molar-refractivity contribution in [1.82, 2.24) is 19.9 Å². The lowest BCUT2D eigenvalue weighted by Crippen LogP contribution is -2.21. The maximum atomic E-state index is 13.0. The van der Waals surface area contributed by atoms with Crippen molar-refractivity contribution in [2.45, 2.75) is 22.9 Å². The van der Waals surface area contributed by atoms with Crippen molar-refractivity contribution in [3.05, 3.63) is 108 Å². The first-order valence-corrected chi connectivity index (χ1v) is 12.8. The summed E-state index contributed by atoms with van der Waals surface area (Å²) >= 11 is 1.39. The molecule has 2 aromatic carbocycles. The largest absolute Gasteiger partial charge is 0.347 e. The van der Waals surface area contributed by atoms with E-state index >= 15 is 0 Å². The number of pyridine rings is 1. The number of benzene rings is 2. The molecule has 34 heavy (non-hydrogen) atoms. The lowest BCUT2D eigenvalue weighted by molar-refractivity contribution is 0.0955. The lowest BCUT2D eigenvalue weighted by Gasteiger charge is -2.08. The predicted octanol–water partition coefficient (Wildman–Crippen LogP) is 4.30. The van der Waals surface area contributed by atoms with Crippen molar-refractivity contribution in [2.75, 3.05) is 0 Å². The molecule has 0 unspecified atom stereocenters. The highest BCUT2D eigenvalue weighted by molar-refractivity contribution is 7.91. The third kappa shape index (κ3) is 4.61. The highest BCUT2D eigenvalue weighted by Gasteiger charge is 2.18. The van der Waals surface area contributed by atoms with E-state index < -0.39 is 9.84 Å². The zero-order chi connectivity index (χ0) is 23.5. The third-order valence-corrected chi connectivity index (χ3v) is 8.26. The van der Waals surface area contributed by atoms with E-state index in [9.17, 15) is 13.2 Å². The minimum atomic E-state index is -3.63. The van der Waals surface area contributed by atoms with Crippen LogP contribution < -0.4 is 5.32 Å². The number of thiophene rings is 1. The highest BCUT2D eigenvalue weighted by Crippen LogP contribution is 2.25. The summed E-state index contributed by atoms with van der Waals surface area (Å²) in [4.78, 5) is 21.6. The van der Waals surface area contributed by atoms with Crippen molar-refractivity contribution in [2.24, 2.45) is 0 Å². The average molecular weight is 489 g/mol. The van der Waals surface area contributed by atoms with E-state index in [1.165, 1.54) is 11.3 Å². The fraction of sp³-hybridized carbons (Fsp3) is 0.0800. The van der Waals surface area contributed by atoms with E-state index in [1.807, 2.05) is 22.9 Å². The molecule has 1 amide bonds. The number of carbonyl (C=O) groups is 1. The fourth-order valence-electron chi connectivity index (χ4n) is 3.55. The van der Waals surface area contributed by atoms with E-state index in [1.54, 1.807) is 73.4 Å². The van der Waals surface area contributed by atoms with E-state index in [2.05, 4.69) is 15.3 Å². The molecule has 0 aliphatic rings. The Hall–Kier alpha value is -3.82. The van der Waals surface area contributed by atoms with Gasteiger partial charge in [0.25, 0.3) is 5.91 Å². The smallest absolute Gasteiger partial charge is 0.261 e. The number of carbonyl (C=O) groups excluding carboxylic acids is 1. The molecule has 7 nitrogen and oxygen atoms in total. The number of aromatic nitrogens is 3. The molecule has 3 heterocycles. The summed E-state index contributed by atoms with van der Waals surface area (Å²) in [5, 5.41) is 3.87. The van der Waals surface area contributed by atoms with Crippen LogP contribution in [0.3, 0.4) is 0 Å². The van der Waals surface area contributed by atoms with Crippen LogP contribution >= 0.6 is 11.3 Å². The number of imidazole rings is 1. The fourth-order valence-corrected chi connectivity index (χ4v) is 5.76. The molecule has 5 aromatic rings. The molecule has 5 rings (SSSR count). The maximum absolute atomic E-state index is 13.0. The van der Waals surface area contributed by atoms with Crippen LogP contribution in [0, 0.1) is 0 Å². The number of nitrogens with zero attached hydrogens (tertiary/aromatic N) is 3. The van der Waals surface area contributed by atoms with Crippen LogP contribution in [0.1, 0.15) is 20.8 Å². The van der Waals surface area contributed by atoms with Crippen molar-refractivity contribution in [3.8, 4) is 0 Å². The Balaban J connectivity index is 1.24. The number of fused-ring (bicyclic) bond motifs is 1. The van der Waals surface area contributed by atoms with Gasteiger partial charge in [0.05, 0.1) is 25.7 Å². The molecule has 0 bridgehead atoms. The van der Waals surface area contributed by atoms with Crippen LogP contribution in [-0.2, 0) is 22.9 Å². The van der Waals surface area contributed by atoms with Gasteiger partial charge in [-0.1, -0.05) is 24.3 Å². The summed E-state index contributed by atoms with van der Waals surface area (Å²) in [6.07, 6.45) is 8.71. The molecule has 170 valence electrons. The van der Waals surface area contributed by atoms with Crippen molar-refractivity contribution < 1.29 is 13.2 Å². The van der Waals surface area contributed by atoms with E-state index in [-0.39, 0.29) is 15.7 Å². The Bertz CT molecular complexity index is 1510. The van der Waals surface area contributed by atoms with Gasteiger partial charge >= 0.3 is 0 Å². The van der Waals surface area contributed by atoms with Gasteiger partial charge in [-0.25, -0.2) is 13.4 Å². The van der Waals surface area contributed by atoms with Crippen LogP contribution in [0.25, 0.3) is 10.1 Å². The summed E-state index contributed by atoms with van der Waals surface area (Å²) in [5.74, 6) is -0.173. The summed E-state index contributed by atoms with van der Waals surface area (Å²) in [6, 6.07) is 17.1. The molecule has 3 aromatic heterocycles. The van der Waals surface area contributed by atoms with Crippen LogP contribution in [0.4, 0.5) is 0 Å². The summed E-state index contributed by atoms with van der Waals surface area (Å²) in [6.45, 7) is 0.924. The van der Waals surface area contributed by atoms with E-state index in [0.29, 0.717) is 18.0 Å². The highest BCUT2D eigenvalue weighted by atomic mass is 32.2. The maximum Gasteiger partial charge on any atom is 0.261 e. The monoisotopic (exact) mass is 488 g/mol. The van der Waals surface area contributed by atoms with Gasteiger partial charge in [0.2, 0.25) is 9.84 Å². The molecule has 0 aliphatic heterocycles. The number of rotatable bonds is 7. The molecule has 0 saturated heterocycles. The molecule has 0 aliphatic carbocycles. The standard InChI is InChI=1S/C25H20N4O3S2/c30-25(23-13-20-9-10-26-15-24(20)33-23)28-14-18-1-5-21(6-2-18)34(31,32)22-7-3-19(4-8-22)16-29-12-11-27-17-29/h1-13,15,17H,14,16H2,(H,28,30). The summed E-state index contributed by atoms with van der Waals surface area (Å²) < 4.78 is 28.9. The first-order chi connectivity index (χ1) is 16.5. The SMILES string of the molecule is O=C(NCc1ccc(S(=O)(=O)c2ccc(Cn3ccnc3)cc2)cc1)c1cc2ccncc2s1. The average Bonchev–Trinajstić information content (AvgIpc) is 3.53. The number of hydrogen-bond donors (Lipinski definition) is 1. The Morgan fingerprint density at radius 1 is 0.912 bits per heavy atom. The minimum absolute atomic E-state index is 0.173.